The van der Waals surface area contributed by atoms with Gasteiger partial charge in [0.05, 0.1) is 22.8 Å². The molecule has 3 aromatic heterocycles. The number of hydrogen-bond donors (Lipinski definition) is 0. The Kier molecular flexibility index (Phi) is 10.00. The van der Waals surface area contributed by atoms with Gasteiger partial charge in [0.15, 0.2) is 0 Å². The van der Waals surface area contributed by atoms with Crippen molar-refractivity contribution in [3.05, 3.63) is 167 Å². The maximum atomic E-state index is 5.43. The second kappa shape index (κ2) is 15.1. The topological polar surface area (TPSA) is 54.0 Å². The van der Waals surface area contributed by atoms with Crippen LogP contribution in [0.3, 0.4) is 0 Å². The number of rotatable bonds is 5. The summed E-state index contributed by atoms with van der Waals surface area (Å²) in [4.78, 5) is 21.6. The molecular weight excluding hydrogens is 693 g/mol. The molecule has 56 heavy (non-hydrogen) atoms. The molecule has 4 nitrogen and oxygen atoms in total. The molecule has 0 saturated carbocycles. The van der Waals surface area contributed by atoms with Gasteiger partial charge in [-0.2, -0.15) is 0 Å². The van der Waals surface area contributed by atoms with E-state index in [1.807, 2.05) is 6.07 Å². The first-order valence-corrected chi connectivity index (χ1v) is 19.1. The fourth-order valence-corrected chi connectivity index (χ4v) is 7.64. The van der Waals surface area contributed by atoms with Gasteiger partial charge < -0.3 is 9.97 Å². The van der Waals surface area contributed by atoms with Gasteiger partial charge in [-0.15, -0.1) is 22.1 Å². The number of fused-ring (bicyclic) bond motifs is 8. The van der Waals surface area contributed by atoms with E-state index in [1.165, 1.54) is 16.7 Å². The Hall–Kier alpha value is -5.75. The van der Waals surface area contributed by atoms with Crippen molar-refractivity contribution in [3.63, 3.8) is 0 Å². The number of hydrogen-bond acceptors (Lipinski definition) is 2. The van der Waals surface area contributed by atoms with Crippen LogP contribution in [0, 0.1) is 6.92 Å². The average Bonchev–Trinajstić information content (AvgIpc) is 4.04. The first-order valence-electron chi connectivity index (χ1n) is 19.1. The molecule has 9 rings (SSSR count). The van der Waals surface area contributed by atoms with Crippen LogP contribution >= 0.6 is 0 Å². The maximum absolute atomic E-state index is 5.43. The van der Waals surface area contributed by atoms with E-state index in [2.05, 4.69) is 180 Å². The average molecular weight is 735 g/mol. The third kappa shape index (κ3) is 6.98. The number of nitrogens with zero attached hydrogens (tertiary/aromatic N) is 4. The van der Waals surface area contributed by atoms with Crippen LogP contribution in [0.5, 0.6) is 0 Å². The van der Waals surface area contributed by atoms with Crippen LogP contribution in [0.1, 0.15) is 67.2 Å². The van der Waals surface area contributed by atoms with Crippen LogP contribution in [0.4, 0.5) is 0 Å². The van der Waals surface area contributed by atoms with Gasteiger partial charge in [-0.25, -0.2) is 9.97 Å². The summed E-state index contributed by atoms with van der Waals surface area (Å²) in [7, 11) is 0. The molecule has 0 amide bonds. The van der Waals surface area contributed by atoms with Gasteiger partial charge >= 0.3 is 23.1 Å². The van der Waals surface area contributed by atoms with Crippen LogP contribution in [0.2, 0.25) is 0 Å². The third-order valence-corrected chi connectivity index (χ3v) is 10.7. The molecule has 4 aromatic carbocycles. The van der Waals surface area contributed by atoms with Gasteiger partial charge in [0.1, 0.15) is 0 Å². The summed E-state index contributed by atoms with van der Waals surface area (Å²) in [5, 5.41) is 0. The Morgan fingerprint density at radius 3 is 1.18 bits per heavy atom. The fraction of sp³-hybridized carbons (Fsp3) is 0.137. The summed E-state index contributed by atoms with van der Waals surface area (Å²) in [5.74, 6) is 0. The molecule has 5 heterocycles. The molecule has 0 radical (unpaired) electrons. The quantitative estimate of drug-likeness (QED) is 0.165. The Labute approximate surface area is 345 Å². The van der Waals surface area contributed by atoms with E-state index in [-0.39, 0.29) is 28.5 Å². The van der Waals surface area contributed by atoms with E-state index in [0.29, 0.717) is 0 Å². The van der Waals surface area contributed by atoms with Crippen molar-refractivity contribution < 1.29 is 0 Å². The molecule has 0 atom stereocenters. The summed E-state index contributed by atoms with van der Waals surface area (Å²) in [5.41, 5.74) is 18.9. The van der Waals surface area contributed by atoms with Gasteiger partial charge in [-0.3, -0.25) is 0 Å². The van der Waals surface area contributed by atoms with Gasteiger partial charge in [0.25, 0.3) is 0 Å². The predicted molar refractivity (Wildman–Crippen MR) is 237 cm³/mol. The zero-order valence-corrected chi connectivity index (χ0v) is 34.1. The normalized spacial score (nSPS) is 12.2. The molecule has 0 fully saturated rings. The number of aryl methyl sites for hydroxylation is 2. The summed E-state index contributed by atoms with van der Waals surface area (Å²) in [6.07, 6.45) is 9.48. The van der Waals surface area contributed by atoms with E-state index < -0.39 is 0 Å². The molecule has 7 aromatic rings. The molecule has 0 saturated heterocycles. The molecule has 0 spiro atoms. The number of benzene rings is 4. The maximum Gasteiger partial charge on any atom is 2.00 e. The minimum atomic E-state index is 0. The van der Waals surface area contributed by atoms with Crippen LogP contribution in [0.15, 0.2) is 127 Å². The van der Waals surface area contributed by atoms with Crippen molar-refractivity contribution >= 4 is 69.4 Å². The molecule has 0 unspecified atom stereocenters. The smallest absolute Gasteiger partial charge is 0.657 e. The van der Waals surface area contributed by atoms with Crippen LogP contribution in [-0.2, 0) is 11.8 Å². The van der Waals surface area contributed by atoms with E-state index in [1.54, 1.807) is 0 Å². The van der Waals surface area contributed by atoms with Crippen LogP contribution in [0.25, 0.3) is 90.9 Å². The summed E-state index contributed by atoms with van der Waals surface area (Å²) >= 11 is 0. The standard InChI is InChI=1S/C51H42N4.Mg/c1-6-33-14-18-36(19-15-33)49-43-27-25-40(53-43)47(34-10-8-7-9-11-34)39-24-26-41(52-39)48(35-16-12-32(2)13-17-35)42-28-30-45(54-42)50(46-31-29-44(49)55-46)37-20-22-38(23-21-37)51(3,4)5;/h7-31H,6H2,1-5H3;/q-2;+2. The van der Waals surface area contributed by atoms with Gasteiger partial charge in [0, 0.05) is 0 Å². The molecule has 2 aliphatic heterocycles. The van der Waals surface area contributed by atoms with Crippen molar-refractivity contribution in [1.82, 2.24) is 19.9 Å². The SMILES string of the molecule is CCc1ccc(-c2c3nc(c(-c4ccc(C(C)(C)C)cc4)c4ccc([n-]4)c(-c4ccc(C)cc4)c4nc(c(-c5ccccc5)c5ccc2[n-]5)C=C4)C=C3)cc1.[Mg+2]. The molecule has 8 bridgehead atoms. The Morgan fingerprint density at radius 2 is 0.804 bits per heavy atom. The minimum absolute atomic E-state index is 0. The molecule has 0 aliphatic carbocycles. The minimum Gasteiger partial charge on any atom is -0.657 e. The van der Waals surface area contributed by atoms with Crippen molar-refractivity contribution in [2.75, 3.05) is 0 Å². The Balaban J connectivity index is 0.00000441. The van der Waals surface area contributed by atoms with Gasteiger partial charge in [-0.05, 0) is 98.7 Å². The van der Waals surface area contributed by atoms with Crippen molar-refractivity contribution in [2.24, 2.45) is 0 Å². The summed E-state index contributed by atoms with van der Waals surface area (Å²) < 4.78 is 0. The molecule has 5 heteroatoms. The second-order valence-electron chi connectivity index (χ2n) is 15.5. The fourth-order valence-electron chi connectivity index (χ4n) is 7.64. The first kappa shape index (κ1) is 37.2. The molecular formula is C51H42MgN4. The zero-order valence-electron chi connectivity index (χ0n) is 32.6. The molecule has 268 valence electrons. The second-order valence-corrected chi connectivity index (χ2v) is 15.5. The molecule has 0 N–H and O–H groups in total. The summed E-state index contributed by atoms with van der Waals surface area (Å²) in [6, 6.07) is 45.3. The van der Waals surface area contributed by atoms with E-state index in [0.717, 1.165) is 95.8 Å². The van der Waals surface area contributed by atoms with Crippen LogP contribution in [-0.4, -0.2) is 33.0 Å². The van der Waals surface area contributed by atoms with E-state index in [4.69, 9.17) is 19.9 Å². The van der Waals surface area contributed by atoms with Crippen LogP contribution < -0.4 is 9.97 Å². The van der Waals surface area contributed by atoms with Crippen molar-refractivity contribution in [3.8, 4) is 44.5 Å². The number of aromatic nitrogens is 4. The Bertz CT molecular complexity index is 2800. The monoisotopic (exact) mass is 734 g/mol. The van der Waals surface area contributed by atoms with Crippen molar-refractivity contribution in [1.29, 1.82) is 0 Å². The zero-order chi connectivity index (χ0) is 37.7. The summed E-state index contributed by atoms with van der Waals surface area (Å²) in [6.45, 7) is 11.0. The van der Waals surface area contributed by atoms with E-state index in [9.17, 15) is 0 Å². The van der Waals surface area contributed by atoms with Gasteiger partial charge in [-0.1, -0.05) is 161 Å². The molecule has 2 aliphatic rings. The Morgan fingerprint density at radius 1 is 0.446 bits per heavy atom. The predicted octanol–water partition coefficient (Wildman–Crippen LogP) is 12.4. The largest absolute Gasteiger partial charge is 2.00 e. The third-order valence-electron chi connectivity index (χ3n) is 10.7. The first-order chi connectivity index (χ1) is 26.7. The van der Waals surface area contributed by atoms with E-state index >= 15 is 0 Å². The van der Waals surface area contributed by atoms with Gasteiger partial charge in [0.2, 0.25) is 0 Å². The van der Waals surface area contributed by atoms with Crippen molar-refractivity contribution in [2.45, 2.75) is 46.5 Å².